The van der Waals surface area contributed by atoms with Gasteiger partial charge in [0.25, 0.3) is 10.0 Å². The summed E-state index contributed by atoms with van der Waals surface area (Å²) in [6.45, 7) is 3.70. The summed E-state index contributed by atoms with van der Waals surface area (Å²) < 4.78 is 27.9. The summed E-state index contributed by atoms with van der Waals surface area (Å²) in [5.41, 5.74) is 7.60. The number of hydrogen-bond donors (Lipinski definition) is 2. The normalized spacial score (nSPS) is 12.0. The van der Waals surface area contributed by atoms with Gasteiger partial charge < -0.3 is 10.7 Å². The van der Waals surface area contributed by atoms with Gasteiger partial charge in [0.1, 0.15) is 9.20 Å². The summed E-state index contributed by atoms with van der Waals surface area (Å²) in [6, 6.07) is 10.4. The minimum absolute atomic E-state index is 0.245. The first-order valence-electron chi connectivity index (χ1n) is 7.32. The summed E-state index contributed by atoms with van der Waals surface area (Å²) in [5, 5.41) is 2.62. The molecule has 5 nitrogen and oxygen atoms in total. The monoisotopic (exact) mass is 379 g/mol. The third kappa shape index (κ3) is 2.81. The Morgan fingerprint density at radius 1 is 1.29 bits per heavy atom. The zero-order valence-electron chi connectivity index (χ0n) is 13.2. The van der Waals surface area contributed by atoms with E-state index in [1.165, 1.54) is 15.6 Å². The number of para-hydroxylation sites is 1. The smallest absolute Gasteiger partial charge is 0.274 e. The SMILES string of the molecule is CC(C)N(c1cccc2cc(C(N)=S)[nH]c12)S(=O)(=O)c1cccs1. The van der Waals surface area contributed by atoms with E-state index in [2.05, 4.69) is 4.98 Å². The number of thiophene rings is 1. The molecule has 126 valence electrons. The van der Waals surface area contributed by atoms with Crippen molar-refractivity contribution in [1.82, 2.24) is 4.98 Å². The maximum atomic E-state index is 13.1. The van der Waals surface area contributed by atoms with Gasteiger partial charge in [-0.05, 0) is 37.4 Å². The molecule has 8 heteroatoms. The van der Waals surface area contributed by atoms with E-state index < -0.39 is 10.0 Å². The van der Waals surface area contributed by atoms with Crippen LogP contribution in [0.1, 0.15) is 19.5 Å². The van der Waals surface area contributed by atoms with Crippen LogP contribution in [0.3, 0.4) is 0 Å². The van der Waals surface area contributed by atoms with Crippen LogP contribution in [0.5, 0.6) is 0 Å². The molecule has 3 N–H and O–H groups in total. The Bertz CT molecular complexity index is 989. The molecule has 0 fully saturated rings. The molecule has 0 unspecified atom stereocenters. The van der Waals surface area contributed by atoms with Gasteiger partial charge in [-0.15, -0.1) is 11.3 Å². The highest BCUT2D eigenvalue weighted by molar-refractivity contribution is 7.94. The molecule has 0 aliphatic rings. The van der Waals surface area contributed by atoms with Crippen LogP contribution in [0.2, 0.25) is 0 Å². The van der Waals surface area contributed by atoms with E-state index in [9.17, 15) is 8.42 Å². The average Bonchev–Trinajstić information content (AvgIpc) is 3.17. The molecule has 0 aliphatic carbocycles. The first-order chi connectivity index (χ1) is 11.3. The van der Waals surface area contributed by atoms with Crippen LogP contribution in [0.4, 0.5) is 5.69 Å². The van der Waals surface area contributed by atoms with E-state index in [1.807, 2.05) is 32.0 Å². The molecule has 0 saturated heterocycles. The number of fused-ring (bicyclic) bond motifs is 1. The zero-order valence-corrected chi connectivity index (χ0v) is 15.6. The molecule has 24 heavy (non-hydrogen) atoms. The number of nitrogens with one attached hydrogen (secondary N) is 1. The second kappa shape index (κ2) is 6.19. The van der Waals surface area contributed by atoms with Gasteiger partial charge >= 0.3 is 0 Å². The lowest BCUT2D eigenvalue weighted by Gasteiger charge is -2.28. The number of nitrogens with two attached hydrogens (primary N) is 1. The Balaban J connectivity index is 2.24. The number of nitrogens with zero attached hydrogens (tertiary/aromatic N) is 1. The van der Waals surface area contributed by atoms with Crippen LogP contribution in [0, 0.1) is 0 Å². The first-order valence-corrected chi connectivity index (χ1v) is 10.0. The van der Waals surface area contributed by atoms with Crippen LogP contribution in [0.15, 0.2) is 46.0 Å². The summed E-state index contributed by atoms with van der Waals surface area (Å²) in [7, 11) is -3.64. The van der Waals surface area contributed by atoms with E-state index in [-0.39, 0.29) is 11.0 Å². The third-order valence-electron chi connectivity index (χ3n) is 3.61. The maximum absolute atomic E-state index is 13.1. The van der Waals surface area contributed by atoms with E-state index in [1.54, 1.807) is 23.6 Å². The highest BCUT2D eigenvalue weighted by Gasteiger charge is 2.30. The van der Waals surface area contributed by atoms with Gasteiger partial charge in [-0.25, -0.2) is 8.42 Å². The highest BCUT2D eigenvalue weighted by atomic mass is 32.2. The fourth-order valence-electron chi connectivity index (χ4n) is 2.65. The van der Waals surface area contributed by atoms with Crippen LogP contribution >= 0.6 is 23.6 Å². The van der Waals surface area contributed by atoms with Crippen LogP contribution < -0.4 is 10.0 Å². The molecule has 0 atom stereocenters. The lowest BCUT2D eigenvalue weighted by atomic mass is 10.2. The lowest BCUT2D eigenvalue weighted by molar-refractivity contribution is 0.586. The van der Waals surface area contributed by atoms with Gasteiger partial charge in [-0.3, -0.25) is 4.31 Å². The Hall–Kier alpha value is -1.90. The third-order valence-corrected chi connectivity index (χ3v) is 7.20. The van der Waals surface area contributed by atoms with Crippen molar-refractivity contribution >= 4 is 55.2 Å². The molecule has 1 aromatic carbocycles. The van der Waals surface area contributed by atoms with E-state index in [0.717, 1.165) is 5.39 Å². The standard InChI is InChI=1S/C16H17N3O2S3/c1-10(2)19(24(20,21)14-7-4-8-23-14)13-6-3-5-11-9-12(16(17)22)18-15(11)13/h3-10,18H,1-2H3,(H2,17,22). The van der Waals surface area contributed by atoms with E-state index in [0.29, 0.717) is 21.1 Å². The number of aromatic amines is 1. The van der Waals surface area contributed by atoms with Gasteiger partial charge in [0.05, 0.1) is 16.9 Å². The number of benzene rings is 1. The van der Waals surface area contributed by atoms with Crippen LogP contribution in [-0.2, 0) is 10.0 Å². The summed E-state index contributed by atoms with van der Waals surface area (Å²) in [6.07, 6.45) is 0. The number of aromatic nitrogens is 1. The Labute approximate surface area is 150 Å². The predicted octanol–water partition coefficient (Wildman–Crippen LogP) is 3.47. The van der Waals surface area contributed by atoms with Gasteiger partial charge in [0.15, 0.2) is 0 Å². The lowest BCUT2D eigenvalue weighted by Crippen LogP contribution is -2.36. The Morgan fingerprint density at radius 3 is 2.62 bits per heavy atom. The number of rotatable bonds is 5. The highest BCUT2D eigenvalue weighted by Crippen LogP contribution is 2.33. The Morgan fingerprint density at radius 2 is 2.04 bits per heavy atom. The second-order valence-corrected chi connectivity index (χ2v) is 9.04. The van der Waals surface area contributed by atoms with Crippen molar-refractivity contribution in [2.24, 2.45) is 5.73 Å². The van der Waals surface area contributed by atoms with Crippen molar-refractivity contribution in [3.63, 3.8) is 0 Å². The zero-order chi connectivity index (χ0) is 17.5. The molecule has 3 rings (SSSR count). The molecule has 0 spiro atoms. The number of sulfonamides is 1. The van der Waals surface area contributed by atoms with Crippen LogP contribution in [-0.4, -0.2) is 24.4 Å². The number of H-pyrrole nitrogens is 1. The van der Waals surface area contributed by atoms with Gasteiger partial charge in [0, 0.05) is 11.4 Å². The fraction of sp³-hybridized carbons (Fsp3) is 0.188. The molecule has 0 aliphatic heterocycles. The molecular weight excluding hydrogens is 362 g/mol. The van der Waals surface area contributed by atoms with Crippen molar-refractivity contribution in [2.45, 2.75) is 24.1 Å². The van der Waals surface area contributed by atoms with Gasteiger partial charge in [0.2, 0.25) is 0 Å². The summed E-state index contributed by atoms with van der Waals surface area (Å²) >= 11 is 6.22. The molecule has 0 amide bonds. The van der Waals surface area contributed by atoms with Gasteiger partial charge in [-0.1, -0.05) is 30.4 Å². The van der Waals surface area contributed by atoms with E-state index in [4.69, 9.17) is 18.0 Å². The summed E-state index contributed by atoms with van der Waals surface area (Å²) in [4.78, 5) is 3.39. The largest absolute Gasteiger partial charge is 0.388 e. The average molecular weight is 380 g/mol. The summed E-state index contributed by atoms with van der Waals surface area (Å²) in [5.74, 6) is 0. The minimum atomic E-state index is -3.64. The number of anilines is 1. The second-order valence-electron chi connectivity index (χ2n) is 5.62. The molecule has 0 radical (unpaired) electrons. The van der Waals surface area contributed by atoms with Crippen LogP contribution in [0.25, 0.3) is 10.9 Å². The van der Waals surface area contributed by atoms with Crippen molar-refractivity contribution in [2.75, 3.05) is 4.31 Å². The van der Waals surface area contributed by atoms with Crippen molar-refractivity contribution in [3.05, 3.63) is 47.5 Å². The van der Waals surface area contributed by atoms with Crippen molar-refractivity contribution < 1.29 is 8.42 Å². The minimum Gasteiger partial charge on any atom is -0.388 e. The molecule has 0 saturated carbocycles. The Kier molecular flexibility index (Phi) is 4.37. The topological polar surface area (TPSA) is 79.2 Å². The molecule has 3 aromatic rings. The quantitative estimate of drug-likeness (QED) is 0.665. The van der Waals surface area contributed by atoms with Crippen molar-refractivity contribution in [1.29, 1.82) is 0 Å². The maximum Gasteiger partial charge on any atom is 0.274 e. The predicted molar refractivity (Wildman–Crippen MR) is 103 cm³/mol. The molecule has 0 bridgehead atoms. The number of thiocarbonyl (C=S) groups is 1. The van der Waals surface area contributed by atoms with Gasteiger partial charge in [-0.2, -0.15) is 0 Å². The molecule has 2 aromatic heterocycles. The van der Waals surface area contributed by atoms with Crippen molar-refractivity contribution in [3.8, 4) is 0 Å². The van der Waals surface area contributed by atoms with E-state index >= 15 is 0 Å². The number of hydrogen-bond acceptors (Lipinski definition) is 4. The first kappa shape index (κ1) is 16.9. The molecular formula is C16H17N3O2S3. The molecule has 2 heterocycles. The fourth-order valence-corrected chi connectivity index (χ4v) is 5.51.